The monoisotopic (exact) mass is 219 g/mol. The number of aryl methyl sites for hydroxylation is 1. The Kier molecular flexibility index (Phi) is 3.32. The summed E-state index contributed by atoms with van der Waals surface area (Å²) in [4.78, 5) is 17.4. The second kappa shape index (κ2) is 5.11. The Morgan fingerprint density at radius 1 is 1.50 bits per heavy atom. The maximum absolute atomic E-state index is 11.0. The highest BCUT2D eigenvalue weighted by atomic mass is 16.1. The molecule has 0 fully saturated rings. The fourth-order valence-corrected chi connectivity index (χ4v) is 1.36. The van der Waals surface area contributed by atoms with Crippen LogP contribution in [0.3, 0.4) is 0 Å². The fraction of sp³-hybridized carbons (Fsp3) is 0.300. The van der Waals surface area contributed by atoms with E-state index in [2.05, 4.69) is 20.4 Å². The van der Waals surface area contributed by atoms with Crippen molar-refractivity contribution in [2.24, 2.45) is 0 Å². The summed E-state index contributed by atoms with van der Waals surface area (Å²) >= 11 is 0. The molecule has 2 N–H and O–H groups in total. The molecule has 0 spiro atoms. The van der Waals surface area contributed by atoms with Gasteiger partial charge < -0.3 is 10.3 Å². The van der Waals surface area contributed by atoms with Crippen molar-refractivity contribution < 1.29 is 0 Å². The number of aromatic nitrogens is 4. The molecule has 0 unspecified atom stereocenters. The molecule has 2 aromatic heterocycles. The fourth-order valence-electron chi connectivity index (χ4n) is 1.36. The highest BCUT2D eigenvalue weighted by Crippen LogP contribution is 1.96. The standard InChI is InChI=1S/C10H13N5O/c16-10-7-9(12-8-13-10)11-3-1-5-15-6-2-4-14-15/h2,4,6-8H,1,3,5H2,(H2,11,12,13,16). The number of anilines is 1. The van der Waals surface area contributed by atoms with Gasteiger partial charge in [0.1, 0.15) is 5.82 Å². The van der Waals surface area contributed by atoms with E-state index in [9.17, 15) is 4.79 Å². The Balaban J connectivity index is 1.74. The maximum atomic E-state index is 11.0. The molecule has 0 aromatic carbocycles. The SMILES string of the molecule is O=c1cc(NCCCn2cccn2)nc[nH]1. The average Bonchev–Trinajstić information content (AvgIpc) is 2.77. The molecule has 0 bridgehead atoms. The van der Waals surface area contributed by atoms with Gasteiger partial charge in [0.15, 0.2) is 0 Å². The van der Waals surface area contributed by atoms with Crippen LogP contribution in [0.4, 0.5) is 5.82 Å². The third-order valence-electron chi connectivity index (χ3n) is 2.11. The number of H-pyrrole nitrogens is 1. The molecule has 16 heavy (non-hydrogen) atoms. The van der Waals surface area contributed by atoms with E-state index in [0.29, 0.717) is 5.82 Å². The second-order valence-corrected chi connectivity index (χ2v) is 3.35. The zero-order valence-electron chi connectivity index (χ0n) is 8.76. The van der Waals surface area contributed by atoms with Crippen LogP contribution in [0.15, 0.2) is 35.6 Å². The Morgan fingerprint density at radius 3 is 3.19 bits per heavy atom. The molecular weight excluding hydrogens is 206 g/mol. The first kappa shape index (κ1) is 10.4. The largest absolute Gasteiger partial charge is 0.370 e. The van der Waals surface area contributed by atoms with Crippen LogP contribution in [-0.2, 0) is 6.54 Å². The molecule has 84 valence electrons. The number of hydrogen-bond donors (Lipinski definition) is 2. The third-order valence-corrected chi connectivity index (χ3v) is 2.11. The molecule has 0 atom stereocenters. The molecular formula is C10H13N5O. The summed E-state index contributed by atoms with van der Waals surface area (Å²) in [6, 6.07) is 3.33. The van der Waals surface area contributed by atoms with Crippen molar-refractivity contribution in [2.75, 3.05) is 11.9 Å². The summed E-state index contributed by atoms with van der Waals surface area (Å²) in [6.07, 6.45) is 5.99. The van der Waals surface area contributed by atoms with Crippen LogP contribution in [0, 0.1) is 0 Å². The smallest absolute Gasteiger partial charge is 0.252 e. The lowest BCUT2D eigenvalue weighted by molar-refractivity contribution is 0.591. The molecule has 0 saturated carbocycles. The first-order valence-electron chi connectivity index (χ1n) is 5.10. The van der Waals surface area contributed by atoms with E-state index in [4.69, 9.17) is 0 Å². The number of aromatic amines is 1. The summed E-state index contributed by atoms with van der Waals surface area (Å²) in [5.41, 5.74) is -0.149. The van der Waals surface area contributed by atoms with Gasteiger partial charge in [-0.05, 0) is 12.5 Å². The molecule has 0 amide bonds. The van der Waals surface area contributed by atoms with Gasteiger partial charge in [-0.3, -0.25) is 9.48 Å². The summed E-state index contributed by atoms with van der Waals surface area (Å²) in [6.45, 7) is 1.61. The van der Waals surface area contributed by atoms with E-state index in [0.717, 1.165) is 19.5 Å². The predicted octanol–water partition coefficient (Wildman–Crippen LogP) is 0.469. The number of hydrogen-bond acceptors (Lipinski definition) is 4. The molecule has 2 heterocycles. The molecule has 6 nitrogen and oxygen atoms in total. The summed E-state index contributed by atoms with van der Waals surface area (Å²) in [5.74, 6) is 0.601. The van der Waals surface area contributed by atoms with Gasteiger partial charge in [-0.1, -0.05) is 0 Å². The highest BCUT2D eigenvalue weighted by Gasteiger charge is 1.94. The van der Waals surface area contributed by atoms with Crippen LogP contribution in [0.25, 0.3) is 0 Å². The Hall–Kier alpha value is -2.11. The van der Waals surface area contributed by atoms with Crippen molar-refractivity contribution in [2.45, 2.75) is 13.0 Å². The van der Waals surface area contributed by atoms with E-state index in [1.165, 1.54) is 12.4 Å². The van der Waals surface area contributed by atoms with E-state index in [1.807, 2.05) is 16.9 Å². The van der Waals surface area contributed by atoms with Gasteiger partial charge in [0.05, 0.1) is 6.33 Å². The summed E-state index contributed by atoms with van der Waals surface area (Å²) < 4.78 is 1.87. The van der Waals surface area contributed by atoms with Crippen LogP contribution in [0.1, 0.15) is 6.42 Å². The minimum atomic E-state index is -0.149. The molecule has 0 aliphatic rings. The van der Waals surface area contributed by atoms with Gasteiger partial charge in [-0.2, -0.15) is 5.10 Å². The highest BCUT2D eigenvalue weighted by molar-refractivity contribution is 5.31. The summed E-state index contributed by atoms with van der Waals surface area (Å²) in [5, 5.41) is 7.17. The maximum Gasteiger partial charge on any atom is 0.252 e. The Morgan fingerprint density at radius 2 is 2.44 bits per heavy atom. The van der Waals surface area contributed by atoms with Gasteiger partial charge in [0.2, 0.25) is 0 Å². The molecule has 0 aliphatic carbocycles. The van der Waals surface area contributed by atoms with Gasteiger partial charge in [0.25, 0.3) is 5.56 Å². The molecule has 0 saturated heterocycles. The number of rotatable bonds is 5. The van der Waals surface area contributed by atoms with Crippen molar-refractivity contribution in [3.63, 3.8) is 0 Å². The van der Waals surface area contributed by atoms with Crippen LogP contribution in [0.2, 0.25) is 0 Å². The molecule has 2 rings (SSSR count). The minimum absolute atomic E-state index is 0.149. The number of nitrogens with zero attached hydrogens (tertiary/aromatic N) is 3. The van der Waals surface area contributed by atoms with Gasteiger partial charge >= 0.3 is 0 Å². The van der Waals surface area contributed by atoms with Crippen molar-refractivity contribution >= 4 is 5.82 Å². The quantitative estimate of drug-likeness (QED) is 0.717. The minimum Gasteiger partial charge on any atom is -0.370 e. The topological polar surface area (TPSA) is 75.6 Å². The predicted molar refractivity (Wildman–Crippen MR) is 60.2 cm³/mol. The number of nitrogens with one attached hydrogen (secondary N) is 2. The molecule has 0 aliphatic heterocycles. The lowest BCUT2D eigenvalue weighted by Crippen LogP contribution is -2.11. The van der Waals surface area contributed by atoms with Gasteiger partial charge in [-0.25, -0.2) is 4.98 Å². The third kappa shape index (κ3) is 2.94. The average molecular weight is 219 g/mol. The van der Waals surface area contributed by atoms with Gasteiger partial charge in [0, 0.05) is 31.5 Å². The molecule has 0 radical (unpaired) electrons. The van der Waals surface area contributed by atoms with Crippen molar-refractivity contribution in [1.29, 1.82) is 0 Å². The normalized spacial score (nSPS) is 10.2. The lowest BCUT2D eigenvalue weighted by Gasteiger charge is -2.04. The Bertz CT molecular complexity index is 476. The van der Waals surface area contributed by atoms with Crippen LogP contribution in [0.5, 0.6) is 0 Å². The van der Waals surface area contributed by atoms with E-state index < -0.39 is 0 Å². The van der Waals surface area contributed by atoms with E-state index in [-0.39, 0.29) is 5.56 Å². The Labute approximate surface area is 92.3 Å². The summed E-state index contributed by atoms with van der Waals surface area (Å²) in [7, 11) is 0. The van der Waals surface area contributed by atoms with Crippen LogP contribution in [-0.4, -0.2) is 26.3 Å². The molecule has 6 heteroatoms. The van der Waals surface area contributed by atoms with E-state index >= 15 is 0 Å². The van der Waals surface area contributed by atoms with Gasteiger partial charge in [-0.15, -0.1) is 0 Å². The first-order chi connectivity index (χ1) is 7.84. The van der Waals surface area contributed by atoms with Crippen LogP contribution >= 0.6 is 0 Å². The van der Waals surface area contributed by atoms with Crippen LogP contribution < -0.4 is 10.9 Å². The van der Waals surface area contributed by atoms with Crippen molar-refractivity contribution in [3.8, 4) is 0 Å². The van der Waals surface area contributed by atoms with Crippen molar-refractivity contribution in [1.82, 2.24) is 19.7 Å². The van der Waals surface area contributed by atoms with Crippen molar-refractivity contribution in [3.05, 3.63) is 41.2 Å². The zero-order chi connectivity index (χ0) is 11.2. The zero-order valence-corrected chi connectivity index (χ0v) is 8.76. The second-order valence-electron chi connectivity index (χ2n) is 3.35. The first-order valence-corrected chi connectivity index (χ1v) is 5.10. The van der Waals surface area contributed by atoms with E-state index in [1.54, 1.807) is 6.20 Å². The molecule has 2 aromatic rings. The lowest BCUT2D eigenvalue weighted by atomic mass is 10.4.